The molecule has 0 radical (unpaired) electrons. The first kappa shape index (κ1) is 10.5. The summed E-state index contributed by atoms with van der Waals surface area (Å²) in [5.74, 6) is -0.346. The SMILES string of the molecule is Cc1cc(C)c(-c2cncc(=O)[nH]2)c(F)c1. The van der Waals surface area contributed by atoms with Gasteiger partial charge in [0, 0.05) is 5.56 Å². The number of rotatable bonds is 1. The fourth-order valence-corrected chi connectivity index (χ4v) is 1.76. The van der Waals surface area contributed by atoms with Gasteiger partial charge in [-0.25, -0.2) is 4.39 Å². The maximum Gasteiger partial charge on any atom is 0.266 e. The first-order valence-electron chi connectivity index (χ1n) is 4.89. The molecule has 2 aromatic rings. The van der Waals surface area contributed by atoms with E-state index in [1.54, 1.807) is 6.92 Å². The van der Waals surface area contributed by atoms with Gasteiger partial charge in [0.05, 0.1) is 18.1 Å². The summed E-state index contributed by atoms with van der Waals surface area (Å²) in [5, 5.41) is 0. The van der Waals surface area contributed by atoms with Crippen LogP contribution in [0.4, 0.5) is 4.39 Å². The Bertz CT molecular complexity index is 567. The van der Waals surface area contributed by atoms with Crippen LogP contribution in [0.5, 0.6) is 0 Å². The second-order valence-electron chi connectivity index (χ2n) is 3.75. The molecule has 3 nitrogen and oxygen atoms in total. The minimum atomic E-state index is -0.346. The smallest absolute Gasteiger partial charge is 0.266 e. The lowest BCUT2D eigenvalue weighted by Crippen LogP contribution is -2.07. The van der Waals surface area contributed by atoms with E-state index in [9.17, 15) is 9.18 Å². The lowest BCUT2D eigenvalue weighted by atomic mass is 10.0. The van der Waals surface area contributed by atoms with Crippen LogP contribution in [0.15, 0.2) is 29.3 Å². The highest BCUT2D eigenvalue weighted by molar-refractivity contribution is 5.63. The Balaban J connectivity index is 2.69. The number of nitrogens with one attached hydrogen (secondary N) is 1. The Morgan fingerprint density at radius 2 is 2.00 bits per heavy atom. The van der Waals surface area contributed by atoms with Gasteiger partial charge < -0.3 is 4.98 Å². The molecule has 1 aromatic carbocycles. The third-order valence-electron chi connectivity index (χ3n) is 2.35. The van der Waals surface area contributed by atoms with Crippen molar-refractivity contribution in [3.05, 3.63) is 51.8 Å². The lowest BCUT2D eigenvalue weighted by molar-refractivity contribution is 0.628. The van der Waals surface area contributed by atoms with E-state index in [-0.39, 0.29) is 11.4 Å². The number of benzene rings is 1. The molecule has 0 amide bonds. The molecular weight excluding hydrogens is 207 g/mol. The van der Waals surface area contributed by atoms with Gasteiger partial charge in [0.1, 0.15) is 5.82 Å². The normalized spacial score (nSPS) is 10.4. The van der Waals surface area contributed by atoms with Gasteiger partial charge in [-0.05, 0) is 31.0 Å². The fourth-order valence-electron chi connectivity index (χ4n) is 1.76. The Morgan fingerprint density at radius 1 is 1.25 bits per heavy atom. The maximum atomic E-state index is 13.8. The molecule has 0 atom stereocenters. The average molecular weight is 218 g/mol. The first-order valence-corrected chi connectivity index (χ1v) is 4.89. The van der Waals surface area contributed by atoms with E-state index in [4.69, 9.17) is 0 Å². The molecule has 0 aliphatic rings. The van der Waals surface area contributed by atoms with Gasteiger partial charge in [-0.2, -0.15) is 0 Å². The summed E-state index contributed by atoms with van der Waals surface area (Å²) < 4.78 is 13.8. The molecule has 1 heterocycles. The van der Waals surface area contributed by atoms with E-state index in [2.05, 4.69) is 9.97 Å². The van der Waals surface area contributed by atoms with Crippen molar-refractivity contribution in [2.24, 2.45) is 0 Å². The number of aryl methyl sites for hydroxylation is 2. The van der Waals surface area contributed by atoms with Crippen LogP contribution in [0.1, 0.15) is 11.1 Å². The molecule has 82 valence electrons. The largest absolute Gasteiger partial charge is 0.319 e. The van der Waals surface area contributed by atoms with E-state index in [0.29, 0.717) is 11.3 Å². The highest BCUT2D eigenvalue weighted by atomic mass is 19.1. The summed E-state index contributed by atoms with van der Waals surface area (Å²) in [6.07, 6.45) is 2.60. The van der Waals surface area contributed by atoms with E-state index < -0.39 is 0 Å². The number of nitrogens with zero attached hydrogens (tertiary/aromatic N) is 1. The van der Waals surface area contributed by atoms with Gasteiger partial charge in [-0.15, -0.1) is 0 Å². The standard InChI is InChI=1S/C12H11FN2O/c1-7-3-8(2)12(9(13)4-7)10-5-14-6-11(16)15-10/h3-6H,1-2H3,(H,15,16). The molecule has 0 saturated heterocycles. The van der Waals surface area contributed by atoms with Gasteiger partial charge in [-0.3, -0.25) is 9.78 Å². The van der Waals surface area contributed by atoms with Crippen LogP contribution < -0.4 is 5.56 Å². The molecule has 16 heavy (non-hydrogen) atoms. The van der Waals surface area contributed by atoms with Crippen LogP contribution in [0, 0.1) is 19.7 Å². The second kappa shape index (κ2) is 3.89. The molecule has 2 rings (SSSR count). The molecule has 0 fully saturated rings. The monoisotopic (exact) mass is 218 g/mol. The van der Waals surface area contributed by atoms with Gasteiger partial charge in [0.15, 0.2) is 0 Å². The molecule has 0 spiro atoms. The molecular formula is C12H11FN2O. The van der Waals surface area contributed by atoms with Crippen molar-refractivity contribution in [3.8, 4) is 11.3 Å². The second-order valence-corrected chi connectivity index (χ2v) is 3.75. The Hall–Kier alpha value is -1.97. The lowest BCUT2D eigenvalue weighted by Gasteiger charge is -2.07. The predicted molar refractivity (Wildman–Crippen MR) is 59.7 cm³/mol. The van der Waals surface area contributed by atoms with Crippen LogP contribution in [-0.2, 0) is 0 Å². The van der Waals surface area contributed by atoms with Gasteiger partial charge in [-0.1, -0.05) is 6.07 Å². The van der Waals surface area contributed by atoms with E-state index in [0.717, 1.165) is 17.3 Å². The fraction of sp³-hybridized carbons (Fsp3) is 0.167. The molecule has 0 aliphatic carbocycles. The maximum absolute atomic E-state index is 13.8. The quantitative estimate of drug-likeness (QED) is 0.797. The van der Waals surface area contributed by atoms with Crippen molar-refractivity contribution in [2.45, 2.75) is 13.8 Å². The predicted octanol–water partition coefficient (Wildman–Crippen LogP) is 2.19. The van der Waals surface area contributed by atoms with E-state index in [1.165, 1.54) is 12.3 Å². The highest BCUT2D eigenvalue weighted by Gasteiger charge is 2.10. The Kier molecular flexibility index (Phi) is 2.56. The summed E-state index contributed by atoms with van der Waals surface area (Å²) in [7, 11) is 0. The molecule has 0 aliphatic heterocycles. The van der Waals surface area contributed by atoms with Crippen LogP contribution in [0.3, 0.4) is 0 Å². The van der Waals surface area contributed by atoms with Gasteiger partial charge in [0.25, 0.3) is 5.56 Å². The van der Waals surface area contributed by atoms with Crippen LogP contribution in [0.2, 0.25) is 0 Å². The third kappa shape index (κ3) is 1.86. The van der Waals surface area contributed by atoms with Crippen LogP contribution >= 0.6 is 0 Å². The average Bonchev–Trinajstić information content (AvgIpc) is 2.15. The Labute approximate surface area is 92.0 Å². The summed E-state index contributed by atoms with van der Waals surface area (Å²) in [6.45, 7) is 3.63. The Morgan fingerprint density at radius 3 is 2.62 bits per heavy atom. The van der Waals surface area contributed by atoms with E-state index >= 15 is 0 Å². The van der Waals surface area contributed by atoms with Crippen LogP contribution in [0.25, 0.3) is 11.3 Å². The van der Waals surface area contributed by atoms with E-state index in [1.807, 2.05) is 13.0 Å². The van der Waals surface area contributed by atoms with Gasteiger partial charge in [0.2, 0.25) is 0 Å². The summed E-state index contributed by atoms with van der Waals surface area (Å²) >= 11 is 0. The zero-order valence-corrected chi connectivity index (χ0v) is 9.04. The summed E-state index contributed by atoms with van der Waals surface area (Å²) in [4.78, 5) is 17.4. The molecule has 0 unspecified atom stereocenters. The topological polar surface area (TPSA) is 45.8 Å². The summed E-state index contributed by atoms with van der Waals surface area (Å²) in [5.41, 5.74) is 2.10. The zero-order chi connectivity index (χ0) is 11.7. The van der Waals surface area contributed by atoms with Crippen molar-refractivity contribution < 1.29 is 4.39 Å². The van der Waals surface area contributed by atoms with Crippen LogP contribution in [-0.4, -0.2) is 9.97 Å². The van der Waals surface area contributed by atoms with Crippen molar-refractivity contribution >= 4 is 0 Å². The summed E-state index contributed by atoms with van der Waals surface area (Å²) in [6, 6.07) is 3.30. The number of halogens is 1. The first-order chi connectivity index (χ1) is 7.58. The molecule has 4 heteroatoms. The van der Waals surface area contributed by atoms with Gasteiger partial charge >= 0.3 is 0 Å². The molecule has 1 N–H and O–H groups in total. The minimum absolute atomic E-state index is 0.336. The number of hydrogen-bond donors (Lipinski definition) is 1. The number of hydrogen-bond acceptors (Lipinski definition) is 2. The third-order valence-corrected chi connectivity index (χ3v) is 2.35. The molecule has 0 saturated carbocycles. The van der Waals surface area contributed by atoms with Crippen molar-refractivity contribution in [3.63, 3.8) is 0 Å². The molecule has 0 bridgehead atoms. The van der Waals surface area contributed by atoms with Crippen molar-refractivity contribution in [1.82, 2.24) is 9.97 Å². The minimum Gasteiger partial charge on any atom is -0.319 e. The highest BCUT2D eigenvalue weighted by Crippen LogP contribution is 2.24. The van der Waals surface area contributed by atoms with Crippen molar-refractivity contribution in [1.29, 1.82) is 0 Å². The zero-order valence-electron chi connectivity index (χ0n) is 9.04. The number of aromatic amines is 1. The molecule has 1 aromatic heterocycles. The number of aromatic nitrogens is 2. The number of H-pyrrole nitrogens is 1. The van der Waals surface area contributed by atoms with Crippen molar-refractivity contribution in [2.75, 3.05) is 0 Å².